The maximum Gasteiger partial charge on any atom is 0.211 e. The van der Waals surface area contributed by atoms with E-state index in [0.717, 1.165) is 38.2 Å². The molecule has 2 saturated heterocycles. The minimum Gasteiger partial charge on any atom is -0.374 e. The Morgan fingerprint density at radius 2 is 2.29 bits per heavy atom. The second-order valence-electron chi connectivity index (χ2n) is 6.09. The second-order valence-corrected chi connectivity index (χ2v) is 9.17. The van der Waals surface area contributed by atoms with Crippen molar-refractivity contribution >= 4 is 21.8 Å². The van der Waals surface area contributed by atoms with Crippen LogP contribution in [-0.4, -0.2) is 68.4 Å². The summed E-state index contributed by atoms with van der Waals surface area (Å²) in [4.78, 5) is 0. The molecule has 2 aliphatic rings. The van der Waals surface area contributed by atoms with Gasteiger partial charge in [0, 0.05) is 31.5 Å². The molecule has 2 fully saturated rings. The normalized spacial score (nSPS) is 30.3. The number of rotatable bonds is 7. The Bertz CT molecular complexity index is 422. The van der Waals surface area contributed by atoms with Crippen LogP contribution in [0.5, 0.6) is 0 Å². The molecule has 0 radical (unpaired) electrons. The molecule has 0 aromatic rings. The van der Waals surface area contributed by atoms with Crippen molar-refractivity contribution in [2.75, 3.05) is 44.0 Å². The zero-order valence-corrected chi connectivity index (χ0v) is 14.8. The summed E-state index contributed by atoms with van der Waals surface area (Å²) in [6.07, 6.45) is 5.48. The van der Waals surface area contributed by atoms with E-state index in [1.165, 1.54) is 22.7 Å². The molecule has 0 bridgehead atoms. The van der Waals surface area contributed by atoms with Crippen LogP contribution in [0.2, 0.25) is 0 Å². The highest BCUT2D eigenvalue weighted by molar-refractivity contribution is 7.99. The summed E-state index contributed by atoms with van der Waals surface area (Å²) in [5.74, 6) is 2.34. The van der Waals surface area contributed by atoms with Gasteiger partial charge in [-0.2, -0.15) is 11.8 Å². The maximum absolute atomic E-state index is 11.5. The molecule has 5 nitrogen and oxygen atoms in total. The van der Waals surface area contributed by atoms with Gasteiger partial charge in [-0.15, -0.1) is 0 Å². The largest absolute Gasteiger partial charge is 0.374 e. The lowest BCUT2D eigenvalue weighted by atomic mass is 9.90. The predicted octanol–water partition coefficient (Wildman–Crippen LogP) is 1.30. The second kappa shape index (κ2) is 7.64. The molecule has 0 aliphatic carbocycles. The summed E-state index contributed by atoms with van der Waals surface area (Å²) in [6, 6.07) is 0.519. The Hall–Kier alpha value is 0.180. The Morgan fingerprint density at radius 1 is 1.48 bits per heavy atom. The van der Waals surface area contributed by atoms with E-state index in [9.17, 15) is 8.42 Å². The van der Waals surface area contributed by atoms with Crippen molar-refractivity contribution in [2.24, 2.45) is 0 Å². The van der Waals surface area contributed by atoms with Crippen LogP contribution in [0.3, 0.4) is 0 Å². The van der Waals surface area contributed by atoms with Gasteiger partial charge < -0.3 is 10.1 Å². The van der Waals surface area contributed by atoms with Gasteiger partial charge in [0.05, 0.1) is 11.9 Å². The third-order valence-electron chi connectivity index (χ3n) is 4.40. The SMILES string of the molecule is CCN(CCCNC1CCOC2(CCSC2)C1)S(C)(=O)=O. The van der Waals surface area contributed by atoms with Crippen LogP contribution in [0.4, 0.5) is 0 Å². The lowest BCUT2D eigenvalue weighted by Crippen LogP contribution is -2.47. The van der Waals surface area contributed by atoms with Crippen LogP contribution < -0.4 is 5.32 Å². The molecule has 2 heterocycles. The third-order valence-corrected chi connectivity index (χ3v) is 7.00. The number of ether oxygens (including phenoxy) is 1. The van der Waals surface area contributed by atoms with E-state index in [-0.39, 0.29) is 5.60 Å². The van der Waals surface area contributed by atoms with Crippen molar-refractivity contribution in [2.45, 2.75) is 44.2 Å². The first-order valence-electron chi connectivity index (χ1n) is 7.85. The molecule has 0 amide bonds. The van der Waals surface area contributed by atoms with Gasteiger partial charge in [0.15, 0.2) is 0 Å². The molecule has 2 rings (SSSR count). The molecule has 7 heteroatoms. The zero-order valence-electron chi connectivity index (χ0n) is 13.1. The quantitative estimate of drug-likeness (QED) is 0.710. The van der Waals surface area contributed by atoms with Crippen LogP contribution in [0.15, 0.2) is 0 Å². The lowest BCUT2D eigenvalue weighted by molar-refractivity contribution is -0.0700. The van der Waals surface area contributed by atoms with Gasteiger partial charge >= 0.3 is 0 Å². The van der Waals surface area contributed by atoms with E-state index < -0.39 is 10.0 Å². The summed E-state index contributed by atoms with van der Waals surface area (Å²) in [7, 11) is -3.06. The smallest absolute Gasteiger partial charge is 0.211 e. The fourth-order valence-corrected chi connectivity index (χ4v) is 5.49. The lowest BCUT2D eigenvalue weighted by Gasteiger charge is -2.38. The van der Waals surface area contributed by atoms with Crippen molar-refractivity contribution in [3.05, 3.63) is 0 Å². The van der Waals surface area contributed by atoms with Crippen molar-refractivity contribution in [3.8, 4) is 0 Å². The number of nitrogens with one attached hydrogen (secondary N) is 1. The van der Waals surface area contributed by atoms with Crippen LogP contribution in [0.1, 0.15) is 32.6 Å². The van der Waals surface area contributed by atoms with Crippen molar-refractivity contribution < 1.29 is 13.2 Å². The average Bonchev–Trinajstić information content (AvgIpc) is 2.85. The number of hydrogen-bond acceptors (Lipinski definition) is 5. The van der Waals surface area contributed by atoms with Crippen LogP contribution in [-0.2, 0) is 14.8 Å². The van der Waals surface area contributed by atoms with E-state index >= 15 is 0 Å². The van der Waals surface area contributed by atoms with Crippen LogP contribution >= 0.6 is 11.8 Å². The zero-order chi connectivity index (χ0) is 15.3. The summed E-state index contributed by atoms with van der Waals surface area (Å²) in [5, 5.41) is 3.59. The van der Waals surface area contributed by atoms with Crippen LogP contribution in [0.25, 0.3) is 0 Å². The number of hydrogen-bond donors (Lipinski definition) is 1. The predicted molar refractivity (Wildman–Crippen MR) is 88.4 cm³/mol. The molecule has 21 heavy (non-hydrogen) atoms. The van der Waals surface area contributed by atoms with Crippen molar-refractivity contribution in [1.29, 1.82) is 0 Å². The summed E-state index contributed by atoms with van der Waals surface area (Å²) in [6.45, 7) is 4.76. The monoisotopic (exact) mass is 336 g/mol. The first-order valence-corrected chi connectivity index (χ1v) is 10.9. The molecular formula is C14H28N2O3S2. The third kappa shape index (κ3) is 5.10. The highest BCUT2D eigenvalue weighted by atomic mass is 32.2. The number of thioether (sulfide) groups is 1. The molecule has 0 aromatic heterocycles. The van der Waals surface area contributed by atoms with E-state index in [2.05, 4.69) is 5.32 Å². The van der Waals surface area contributed by atoms with Gasteiger partial charge in [-0.05, 0) is 38.0 Å². The Morgan fingerprint density at radius 3 is 2.90 bits per heavy atom. The minimum atomic E-state index is -3.06. The van der Waals surface area contributed by atoms with Gasteiger partial charge in [-0.1, -0.05) is 6.92 Å². The highest BCUT2D eigenvalue weighted by Gasteiger charge is 2.40. The van der Waals surface area contributed by atoms with E-state index in [0.29, 0.717) is 19.1 Å². The van der Waals surface area contributed by atoms with Crippen molar-refractivity contribution in [3.63, 3.8) is 0 Å². The average molecular weight is 337 g/mol. The molecule has 1 spiro atoms. The summed E-state index contributed by atoms with van der Waals surface area (Å²) >= 11 is 1.99. The fraction of sp³-hybridized carbons (Fsp3) is 1.00. The maximum atomic E-state index is 11.5. The van der Waals surface area contributed by atoms with Gasteiger partial charge in [-0.3, -0.25) is 0 Å². The highest BCUT2D eigenvalue weighted by Crippen LogP contribution is 2.38. The van der Waals surface area contributed by atoms with Gasteiger partial charge in [0.2, 0.25) is 10.0 Å². The van der Waals surface area contributed by atoms with Gasteiger partial charge in [0.1, 0.15) is 0 Å². The minimum absolute atomic E-state index is 0.114. The van der Waals surface area contributed by atoms with E-state index in [4.69, 9.17) is 4.74 Å². The topological polar surface area (TPSA) is 58.6 Å². The molecule has 124 valence electrons. The van der Waals surface area contributed by atoms with Gasteiger partial charge in [0.25, 0.3) is 0 Å². The number of sulfonamides is 1. The number of nitrogens with zero attached hydrogens (tertiary/aromatic N) is 1. The van der Waals surface area contributed by atoms with E-state index in [1.807, 2.05) is 18.7 Å². The molecule has 1 N–H and O–H groups in total. The summed E-state index contributed by atoms with van der Waals surface area (Å²) < 4.78 is 30.6. The standard InChI is InChI=1S/C14H28N2O3S2/c1-3-16(21(2,17)18)8-4-7-15-13-5-9-19-14(11-13)6-10-20-12-14/h13,15H,3-12H2,1-2H3. The molecule has 0 saturated carbocycles. The van der Waals surface area contributed by atoms with Gasteiger partial charge in [-0.25, -0.2) is 12.7 Å². The Labute approximate surface area is 133 Å². The Balaban J connectivity index is 1.69. The first-order chi connectivity index (χ1) is 9.95. The van der Waals surface area contributed by atoms with Crippen molar-refractivity contribution in [1.82, 2.24) is 9.62 Å². The molecule has 0 aromatic carbocycles. The molecule has 2 unspecified atom stereocenters. The molecule has 2 aliphatic heterocycles. The van der Waals surface area contributed by atoms with Crippen LogP contribution in [0, 0.1) is 0 Å². The van der Waals surface area contributed by atoms with E-state index in [1.54, 1.807) is 0 Å². The first kappa shape index (κ1) is 17.5. The Kier molecular flexibility index (Phi) is 6.38. The fourth-order valence-electron chi connectivity index (χ4n) is 3.19. The summed E-state index contributed by atoms with van der Waals surface area (Å²) in [5.41, 5.74) is 0.114. The molecule has 2 atom stereocenters. The molecular weight excluding hydrogens is 308 g/mol.